The van der Waals surface area contributed by atoms with Gasteiger partial charge in [0.1, 0.15) is 0 Å². The van der Waals surface area contributed by atoms with Gasteiger partial charge < -0.3 is 5.32 Å². The van der Waals surface area contributed by atoms with Crippen LogP contribution < -0.4 is 16.2 Å². The number of hydrazine groups is 1. The molecule has 4 rings (SSSR count). The van der Waals surface area contributed by atoms with E-state index in [2.05, 4.69) is 56.0 Å². The van der Waals surface area contributed by atoms with Crippen LogP contribution in [-0.4, -0.2) is 18.0 Å². The third-order valence-corrected chi connectivity index (χ3v) is 6.35. The van der Waals surface area contributed by atoms with E-state index in [0.717, 1.165) is 23.3 Å². The summed E-state index contributed by atoms with van der Waals surface area (Å²) in [6.45, 7) is 8.63. The Hall–Kier alpha value is -2.16. The fourth-order valence-corrected chi connectivity index (χ4v) is 5.30. The summed E-state index contributed by atoms with van der Waals surface area (Å²) in [5.74, 6) is 0.395. The van der Waals surface area contributed by atoms with Gasteiger partial charge >= 0.3 is 0 Å². The van der Waals surface area contributed by atoms with Gasteiger partial charge in [0.15, 0.2) is 5.78 Å². The SMILES string of the molecule is CC1NNC2NC3=C(C(=O)CC(C)(C)C3)[C@](C)(c3cccc(C#N)c3)C12. The molecule has 3 N–H and O–H groups in total. The second kappa shape index (κ2) is 5.67. The highest BCUT2D eigenvalue weighted by molar-refractivity contribution is 6.00. The van der Waals surface area contributed by atoms with Gasteiger partial charge in [-0.15, -0.1) is 0 Å². The summed E-state index contributed by atoms with van der Waals surface area (Å²) in [5.41, 5.74) is 9.88. The average molecular weight is 350 g/mol. The Morgan fingerprint density at radius 1 is 1.19 bits per heavy atom. The Kier molecular flexibility index (Phi) is 3.76. The van der Waals surface area contributed by atoms with Crippen molar-refractivity contribution in [2.75, 3.05) is 0 Å². The molecule has 136 valence electrons. The maximum Gasteiger partial charge on any atom is 0.162 e. The van der Waals surface area contributed by atoms with Crippen LogP contribution >= 0.6 is 0 Å². The van der Waals surface area contributed by atoms with Crippen molar-refractivity contribution >= 4 is 5.78 Å². The monoisotopic (exact) mass is 350 g/mol. The summed E-state index contributed by atoms with van der Waals surface area (Å²) in [7, 11) is 0. The molecule has 1 aliphatic carbocycles. The van der Waals surface area contributed by atoms with Gasteiger partial charge in [0.05, 0.1) is 17.8 Å². The molecular formula is C21H26N4O. The van der Waals surface area contributed by atoms with Crippen molar-refractivity contribution in [2.45, 2.75) is 58.2 Å². The lowest BCUT2D eigenvalue weighted by Crippen LogP contribution is -2.58. The lowest BCUT2D eigenvalue weighted by Gasteiger charge is -2.50. The smallest absolute Gasteiger partial charge is 0.162 e. The minimum Gasteiger partial charge on any atom is -0.371 e. The van der Waals surface area contributed by atoms with Crippen molar-refractivity contribution in [1.29, 1.82) is 5.26 Å². The van der Waals surface area contributed by atoms with Crippen molar-refractivity contribution in [3.05, 3.63) is 46.7 Å². The topological polar surface area (TPSA) is 76.9 Å². The first-order valence-corrected chi connectivity index (χ1v) is 9.31. The third-order valence-electron chi connectivity index (χ3n) is 6.35. The summed E-state index contributed by atoms with van der Waals surface area (Å²) < 4.78 is 0. The number of nitrogens with one attached hydrogen (secondary N) is 3. The first-order chi connectivity index (χ1) is 12.3. The lowest BCUT2D eigenvalue weighted by atomic mass is 9.57. The van der Waals surface area contributed by atoms with E-state index < -0.39 is 5.41 Å². The molecule has 1 fully saturated rings. The van der Waals surface area contributed by atoms with E-state index in [1.807, 2.05) is 18.2 Å². The Morgan fingerprint density at radius 3 is 2.69 bits per heavy atom. The summed E-state index contributed by atoms with van der Waals surface area (Å²) >= 11 is 0. The van der Waals surface area contributed by atoms with Gasteiger partial charge in [-0.25, -0.2) is 5.43 Å². The van der Waals surface area contributed by atoms with Crippen molar-refractivity contribution in [3.63, 3.8) is 0 Å². The molecule has 0 aromatic heterocycles. The number of allylic oxidation sites excluding steroid dienone is 2. The standard InChI is InChI=1S/C21H26N4O/c1-12-17-19(25-24-12)23-15-9-20(2,3)10-16(26)18(15)21(17,4)14-7-5-6-13(8-14)11-22/h5-8,12,17,19,23-25H,9-10H2,1-4H3/t12?,17?,19?,21-/m1/s1. The molecule has 26 heavy (non-hydrogen) atoms. The first kappa shape index (κ1) is 17.3. The highest BCUT2D eigenvalue weighted by Gasteiger charge is 2.56. The van der Waals surface area contributed by atoms with E-state index in [4.69, 9.17) is 0 Å². The zero-order valence-corrected chi connectivity index (χ0v) is 15.8. The largest absolute Gasteiger partial charge is 0.371 e. The number of hydrogen-bond donors (Lipinski definition) is 3. The molecule has 3 unspecified atom stereocenters. The van der Waals surface area contributed by atoms with E-state index in [9.17, 15) is 10.1 Å². The molecule has 1 aromatic rings. The molecular weight excluding hydrogens is 324 g/mol. The molecule has 0 radical (unpaired) electrons. The van der Waals surface area contributed by atoms with Crippen molar-refractivity contribution in [1.82, 2.24) is 16.2 Å². The molecule has 0 saturated carbocycles. The van der Waals surface area contributed by atoms with Crippen LogP contribution in [0.4, 0.5) is 0 Å². The second-order valence-corrected chi connectivity index (χ2v) is 8.91. The van der Waals surface area contributed by atoms with Gasteiger partial charge in [0, 0.05) is 35.1 Å². The zero-order chi connectivity index (χ0) is 18.7. The Morgan fingerprint density at radius 2 is 1.96 bits per heavy atom. The summed E-state index contributed by atoms with van der Waals surface area (Å²) in [4.78, 5) is 13.3. The van der Waals surface area contributed by atoms with Crippen molar-refractivity contribution < 1.29 is 4.79 Å². The molecule has 1 aromatic carbocycles. The zero-order valence-electron chi connectivity index (χ0n) is 15.8. The number of benzene rings is 1. The summed E-state index contributed by atoms with van der Waals surface area (Å²) in [6.07, 6.45) is 1.48. The maximum absolute atomic E-state index is 13.3. The van der Waals surface area contributed by atoms with Gasteiger partial charge in [-0.3, -0.25) is 10.2 Å². The Labute approximate surface area is 154 Å². The van der Waals surface area contributed by atoms with Crippen LogP contribution in [0.1, 0.15) is 51.7 Å². The Balaban J connectivity index is 1.95. The number of fused-ring (bicyclic) bond motifs is 1. The van der Waals surface area contributed by atoms with E-state index >= 15 is 0 Å². The molecule has 3 aliphatic rings. The van der Waals surface area contributed by atoms with Crippen molar-refractivity contribution in [3.8, 4) is 6.07 Å². The van der Waals surface area contributed by atoms with Crippen LogP contribution in [-0.2, 0) is 10.2 Å². The number of nitrogens with zero attached hydrogens (tertiary/aromatic N) is 1. The van der Waals surface area contributed by atoms with Crippen LogP contribution in [0.15, 0.2) is 35.5 Å². The van der Waals surface area contributed by atoms with Crippen LogP contribution in [0.25, 0.3) is 0 Å². The molecule has 0 amide bonds. The van der Waals surface area contributed by atoms with E-state index in [1.165, 1.54) is 0 Å². The first-order valence-electron chi connectivity index (χ1n) is 9.31. The third kappa shape index (κ3) is 2.40. The molecule has 1 saturated heterocycles. The molecule has 5 nitrogen and oxygen atoms in total. The Bertz CT molecular complexity index is 850. The molecule has 0 spiro atoms. The summed E-state index contributed by atoms with van der Waals surface area (Å²) in [5, 5.41) is 13.0. The van der Waals surface area contributed by atoms with Crippen LogP contribution in [0, 0.1) is 22.7 Å². The van der Waals surface area contributed by atoms with Crippen molar-refractivity contribution in [2.24, 2.45) is 11.3 Å². The number of rotatable bonds is 1. The fourth-order valence-electron chi connectivity index (χ4n) is 5.30. The number of hydrogen-bond acceptors (Lipinski definition) is 5. The van der Waals surface area contributed by atoms with Crippen LogP contribution in [0.2, 0.25) is 0 Å². The number of carbonyl (C=O) groups is 1. The van der Waals surface area contributed by atoms with E-state index in [1.54, 1.807) is 0 Å². The number of carbonyl (C=O) groups excluding carboxylic acids is 1. The minimum absolute atomic E-state index is 0.0389. The van der Waals surface area contributed by atoms with Gasteiger partial charge in [0.25, 0.3) is 0 Å². The van der Waals surface area contributed by atoms with Crippen LogP contribution in [0.5, 0.6) is 0 Å². The molecule has 2 heterocycles. The second-order valence-electron chi connectivity index (χ2n) is 8.91. The van der Waals surface area contributed by atoms with E-state index in [-0.39, 0.29) is 29.3 Å². The fraction of sp³-hybridized carbons (Fsp3) is 0.524. The maximum atomic E-state index is 13.3. The highest BCUT2D eigenvalue weighted by Crippen LogP contribution is 2.52. The molecule has 4 atom stereocenters. The van der Waals surface area contributed by atoms with E-state index in [0.29, 0.717) is 12.0 Å². The lowest BCUT2D eigenvalue weighted by molar-refractivity contribution is -0.119. The quantitative estimate of drug-likeness (QED) is 0.725. The number of nitriles is 1. The van der Waals surface area contributed by atoms with Gasteiger partial charge in [-0.1, -0.05) is 32.9 Å². The number of Topliss-reactive ketones (excluding diaryl/α,β-unsaturated/α-hetero) is 1. The number of ketones is 1. The average Bonchev–Trinajstić information content (AvgIpc) is 2.94. The van der Waals surface area contributed by atoms with Gasteiger partial charge in [0.2, 0.25) is 0 Å². The highest BCUT2D eigenvalue weighted by atomic mass is 16.1. The molecule has 0 bridgehead atoms. The van der Waals surface area contributed by atoms with Gasteiger partial charge in [-0.2, -0.15) is 5.26 Å². The molecule has 2 aliphatic heterocycles. The van der Waals surface area contributed by atoms with Gasteiger partial charge in [-0.05, 0) is 36.5 Å². The normalized spacial score (nSPS) is 35.3. The minimum atomic E-state index is -0.443. The summed E-state index contributed by atoms with van der Waals surface area (Å²) in [6, 6.07) is 10.2. The van der Waals surface area contributed by atoms with Crippen LogP contribution in [0.3, 0.4) is 0 Å². The molecule has 5 heteroatoms. The predicted molar refractivity (Wildman–Crippen MR) is 99.7 cm³/mol. The predicted octanol–water partition coefficient (Wildman–Crippen LogP) is 2.50.